The number of rotatable bonds is 6. The molecule has 0 aliphatic rings. The second-order valence-electron chi connectivity index (χ2n) is 5.76. The first kappa shape index (κ1) is 18.1. The third-order valence-corrected chi connectivity index (χ3v) is 3.98. The number of aromatic nitrogens is 2. The van der Waals surface area contributed by atoms with Crippen LogP contribution in [0.1, 0.15) is 5.56 Å². The van der Waals surface area contributed by atoms with Crippen LogP contribution in [0, 0.1) is 10.1 Å². The summed E-state index contributed by atoms with van der Waals surface area (Å²) in [5.74, 6) is 0.370. The molecule has 0 bridgehead atoms. The van der Waals surface area contributed by atoms with Crippen molar-refractivity contribution in [3.05, 3.63) is 74.8 Å². The van der Waals surface area contributed by atoms with Crippen molar-refractivity contribution < 1.29 is 14.5 Å². The highest BCUT2D eigenvalue weighted by Crippen LogP contribution is 2.16. The summed E-state index contributed by atoms with van der Waals surface area (Å²) in [5.41, 5.74) is 0.517. The first-order chi connectivity index (χ1) is 13.0. The summed E-state index contributed by atoms with van der Waals surface area (Å²) in [6, 6.07) is 11.0. The van der Waals surface area contributed by atoms with E-state index in [1.165, 1.54) is 24.5 Å². The Morgan fingerprint density at radius 2 is 2.00 bits per heavy atom. The van der Waals surface area contributed by atoms with E-state index >= 15 is 0 Å². The van der Waals surface area contributed by atoms with Gasteiger partial charge in [-0.05, 0) is 23.8 Å². The van der Waals surface area contributed by atoms with Crippen LogP contribution in [-0.4, -0.2) is 27.5 Å². The molecule has 27 heavy (non-hydrogen) atoms. The second kappa shape index (κ2) is 7.65. The molecule has 3 rings (SSSR count). The Kier molecular flexibility index (Phi) is 5.11. The maximum Gasteiger partial charge on any atom is 0.271 e. The fraction of sp³-hybridized carbons (Fsp3) is 0.167. The van der Waals surface area contributed by atoms with E-state index in [-0.39, 0.29) is 29.0 Å². The highest BCUT2D eigenvalue weighted by molar-refractivity contribution is 5.80. The van der Waals surface area contributed by atoms with E-state index < -0.39 is 10.5 Å². The van der Waals surface area contributed by atoms with Crippen molar-refractivity contribution in [3.63, 3.8) is 0 Å². The molecule has 1 aromatic heterocycles. The third-order valence-electron chi connectivity index (χ3n) is 3.98. The Morgan fingerprint density at radius 1 is 1.26 bits per heavy atom. The third kappa shape index (κ3) is 4.09. The molecule has 0 saturated carbocycles. The maximum atomic E-state index is 12.4. The van der Waals surface area contributed by atoms with Crippen LogP contribution in [0.5, 0.6) is 5.75 Å². The van der Waals surface area contributed by atoms with Crippen molar-refractivity contribution in [2.45, 2.75) is 13.1 Å². The smallest absolute Gasteiger partial charge is 0.271 e. The summed E-state index contributed by atoms with van der Waals surface area (Å²) < 4.78 is 6.24. The minimum Gasteiger partial charge on any atom is -0.497 e. The molecule has 0 aliphatic heterocycles. The number of hydrogen-bond acceptors (Lipinski definition) is 6. The van der Waals surface area contributed by atoms with Gasteiger partial charge in [0.2, 0.25) is 5.91 Å². The Hall–Kier alpha value is -3.75. The molecule has 0 aliphatic carbocycles. The molecule has 9 heteroatoms. The molecule has 0 saturated heterocycles. The van der Waals surface area contributed by atoms with Crippen molar-refractivity contribution in [2.75, 3.05) is 7.11 Å². The second-order valence-corrected chi connectivity index (χ2v) is 5.76. The Morgan fingerprint density at radius 3 is 2.67 bits per heavy atom. The van der Waals surface area contributed by atoms with Gasteiger partial charge >= 0.3 is 0 Å². The average molecular weight is 368 g/mol. The van der Waals surface area contributed by atoms with Gasteiger partial charge in [0.15, 0.2) is 0 Å². The first-order valence-electron chi connectivity index (χ1n) is 8.01. The molecule has 0 unspecified atom stereocenters. The standard InChI is InChI=1S/C18H16N4O5/c1-27-14-5-2-12(3-6-14)9-19-17(23)10-21-11-20-16-8-13(22(25)26)4-7-15(16)18(21)24/h2-8,11H,9-10H2,1H3,(H,19,23). The van der Waals surface area contributed by atoms with Gasteiger partial charge in [0.25, 0.3) is 11.2 Å². The van der Waals surface area contributed by atoms with Gasteiger partial charge in [-0.3, -0.25) is 24.3 Å². The summed E-state index contributed by atoms with van der Waals surface area (Å²) in [5, 5.41) is 13.7. The van der Waals surface area contributed by atoms with Crippen LogP contribution in [0.2, 0.25) is 0 Å². The fourth-order valence-corrected chi connectivity index (χ4v) is 2.53. The lowest BCUT2D eigenvalue weighted by Crippen LogP contribution is -2.32. The zero-order valence-corrected chi connectivity index (χ0v) is 14.4. The van der Waals surface area contributed by atoms with Crippen LogP contribution in [-0.2, 0) is 17.9 Å². The van der Waals surface area contributed by atoms with Crippen LogP contribution in [0.4, 0.5) is 5.69 Å². The number of nitro benzene ring substituents is 1. The van der Waals surface area contributed by atoms with Crippen molar-refractivity contribution in [3.8, 4) is 5.75 Å². The lowest BCUT2D eigenvalue weighted by Gasteiger charge is -2.08. The predicted molar refractivity (Wildman–Crippen MR) is 97.5 cm³/mol. The van der Waals surface area contributed by atoms with Crippen molar-refractivity contribution in [1.82, 2.24) is 14.9 Å². The number of nitrogens with zero attached hydrogens (tertiary/aromatic N) is 3. The highest BCUT2D eigenvalue weighted by Gasteiger charge is 2.12. The number of benzene rings is 2. The average Bonchev–Trinajstić information content (AvgIpc) is 2.68. The number of non-ortho nitro benzene ring substituents is 1. The monoisotopic (exact) mass is 368 g/mol. The number of nitrogens with one attached hydrogen (secondary N) is 1. The number of amides is 1. The van der Waals surface area contributed by atoms with Gasteiger partial charge in [0.05, 0.1) is 29.3 Å². The molecule has 3 aromatic rings. The molecule has 1 N–H and O–H groups in total. The number of methoxy groups -OCH3 is 1. The normalized spacial score (nSPS) is 10.6. The van der Waals surface area contributed by atoms with Gasteiger partial charge in [-0.15, -0.1) is 0 Å². The summed E-state index contributed by atoms with van der Waals surface area (Å²) in [4.78, 5) is 38.9. The van der Waals surface area contributed by atoms with Crippen LogP contribution in [0.15, 0.2) is 53.6 Å². The molecule has 9 nitrogen and oxygen atoms in total. The maximum absolute atomic E-state index is 12.4. The molecular formula is C18H16N4O5. The van der Waals surface area contributed by atoms with Crippen LogP contribution < -0.4 is 15.6 Å². The predicted octanol–water partition coefficient (Wildman–Crippen LogP) is 1.63. The van der Waals surface area contributed by atoms with E-state index in [9.17, 15) is 19.7 Å². The number of fused-ring (bicyclic) bond motifs is 1. The molecule has 1 amide bonds. The minimum atomic E-state index is -0.556. The van der Waals surface area contributed by atoms with Gasteiger partial charge in [-0.25, -0.2) is 4.98 Å². The SMILES string of the molecule is COc1ccc(CNC(=O)Cn2cnc3cc([N+](=O)[O-])ccc3c2=O)cc1. The van der Waals surface area contributed by atoms with E-state index in [2.05, 4.69) is 10.3 Å². The lowest BCUT2D eigenvalue weighted by molar-refractivity contribution is -0.384. The number of hydrogen-bond donors (Lipinski definition) is 1. The number of nitro groups is 1. The van der Waals surface area contributed by atoms with Gasteiger partial charge in [-0.2, -0.15) is 0 Å². The molecule has 1 heterocycles. The van der Waals surface area contributed by atoms with E-state index in [0.29, 0.717) is 6.54 Å². The summed E-state index contributed by atoms with van der Waals surface area (Å²) in [6.07, 6.45) is 1.21. The summed E-state index contributed by atoms with van der Waals surface area (Å²) in [7, 11) is 1.57. The molecule has 0 spiro atoms. The van der Waals surface area contributed by atoms with Crippen LogP contribution in [0.3, 0.4) is 0 Å². The zero-order chi connectivity index (χ0) is 19.4. The molecule has 0 atom stereocenters. The molecular weight excluding hydrogens is 352 g/mol. The van der Waals surface area contributed by atoms with E-state index in [1.54, 1.807) is 19.2 Å². The molecule has 0 fully saturated rings. The van der Waals surface area contributed by atoms with Gasteiger partial charge in [0, 0.05) is 18.7 Å². The van der Waals surface area contributed by atoms with Gasteiger partial charge in [-0.1, -0.05) is 12.1 Å². The van der Waals surface area contributed by atoms with Crippen molar-refractivity contribution in [2.24, 2.45) is 0 Å². The fourth-order valence-electron chi connectivity index (χ4n) is 2.53. The quantitative estimate of drug-likeness (QED) is 0.522. The van der Waals surface area contributed by atoms with Crippen molar-refractivity contribution >= 4 is 22.5 Å². The first-order valence-corrected chi connectivity index (χ1v) is 8.01. The van der Waals surface area contributed by atoms with E-state index in [1.807, 2.05) is 12.1 Å². The zero-order valence-electron chi connectivity index (χ0n) is 14.4. The Bertz CT molecular complexity index is 1060. The van der Waals surface area contributed by atoms with Crippen LogP contribution in [0.25, 0.3) is 10.9 Å². The molecule has 138 valence electrons. The Balaban J connectivity index is 1.70. The van der Waals surface area contributed by atoms with Crippen LogP contribution >= 0.6 is 0 Å². The number of carbonyl (C=O) groups excluding carboxylic acids is 1. The number of carbonyl (C=O) groups is 1. The number of ether oxygens (including phenoxy) is 1. The van der Waals surface area contributed by atoms with Gasteiger partial charge < -0.3 is 10.1 Å². The summed E-state index contributed by atoms with van der Waals surface area (Å²) in [6.45, 7) is 0.111. The molecule has 0 radical (unpaired) electrons. The van der Waals surface area contributed by atoms with Crippen molar-refractivity contribution in [1.29, 1.82) is 0 Å². The Labute approximate surface area is 153 Å². The topological polar surface area (TPSA) is 116 Å². The summed E-state index contributed by atoms with van der Waals surface area (Å²) >= 11 is 0. The van der Waals surface area contributed by atoms with E-state index in [4.69, 9.17) is 4.74 Å². The molecule has 2 aromatic carbocycles. The largest absolute Gasteiger partial charge is 0.497 e. The minimum absolute atomic E-state index is 0.149. The highest BCUT2D eigenvalue weighted by atomic mass is 16.6. The van der Waals surface area contributed by atoms with Gasteiger partial charge in [0.1, 0.15) is 12.3 Å². The van der Waals surface area contributed by atoms with E-state index in [0.717, 1.165) is 15.9 Å². The lowest BCUT2D eigenvalue weighted by atomic mass is 10.2.